The molecule has 2 aromatic carbocycles. The summed E-state index contributed by atoms with van der Waals surface area (Å²) in [5, 5.41) is 5.41. The van der Waals surface area contributed by atoms with Gasteiger partial charge in [-0.3, -0.25) is 4.79 Å². The van der Waals surface area contributed by atoms with Crippen LogP contribution >= 0.6 is 23.1 Å². The van der Waals surface area contributed by atoms with Crippen molar-refractivity contribution in [1.82, 2.24) is 4.98 Å². The number of thiazole rings is 1. The van der Waals surface area contributed by atoms with Crippen molar-refractivity contribution in [2.45, 2.75) is 18.2 Å². The average Bonchev–Trinajstić information content (AvgIpc) is 3.32. The number of anilines is 1. The second-order valence-electron chi connectivity index (χ2n) is 6.07. The Morgan fingerprint density at radius 1 is 1.19 bits per heavy atom. The van der Waals surface area contributed by atoms with E-state index in [9.17, 15) is 4.79 Å². The number of thioether (sulfide) groups is 1. The van der Waals surface area contributed by atoms with E-state index in [1.807, 2.05) is 23.6 Å². The molecule has 0 spiro atoms. The molecule has 0 radical (unpaired) electrons. The van der Waals surface area contributed by atoms with Crippen LogP contribution in [0.5, 0.6) is 11.5 Å². The summed E-state index contributed by atoms with van der Waals surface area (Å²) in [5.41, 5.74) is 2.98. The molecule has 0 aliphatic carbocycles. The summed E-state index contributed by atoms with van der Waals surface area (Å²) in [6.07, 6.45) is 0.442. The Balaban J connectivity index is 1.31. The van der Waals surface area contributed by atoms with E-state index in [1.54, 1.807) is 11.8 Å². The highest BCUT2D eigenvalue weighted by atomic mass is 32.2. The number of ether oxygens (including phenoxy) is 2. The maximum atomic E-state index is 12.2. The van der Waals surface area contributed by atoms with Crippen LogP contribution in [0.1, 0.15) is 12.0 Å². The minimum absolute atomic E-state index is 0.0267. The van der Waals surface area contributed by atoms with E-state index in [0.29, 0.717) is 11.6 Å². The number of hydrogen-bond acceptors (Lipinski definition) is 6. The molecule has 2 heterocycles. The lowest BCUT2D eigenvalue weighted by Crippen LogP contribution is -2.11. The third kappa shape index (κ3) is 4.43. The molecule has 1 aliphatic heterocycles. The van der Waals surface area contributed by atoms with Gasteiger partial charge >= 0.3 is 0 Å². The van der Waals surface area contributed by atoms with Gasteiger partial charge in [-0.25, -0.2) is 4.98 Å². The minimum atomic E-state index is -0.0267. The van der Waals surface area contributed by atoms with Crippen molar-refractivity contribution in [3.05, 3.63) is 53.4 Å². The molecule has 0 saturated heterocycles. The second-order valence-corrected chi connectivity index (χ2v) is 8.09. The number of benzene rings is 2. The van der Waals surface area contributed by atoms with E-state index in [-0.39, 0.29) is 12.7 Å². The molecule has 0 unspecified atom stereocenters. The normalized spacial score (nSPS) is 12.2. The van der Waals surface area contributed by atoms with Gasteiger partial charge in [0.1, 0.15) is 0 Å². The summed E-state index contributed by atoms with van der Waals surface area (Å²) >= 11 is 3.09. The van der Waals surface area contributed by atoms with Crippen molar-refractivity contribution < 1.29 is 14.3 Å². The predicted octanol–water partition coefficient (Wildman–Crippen LogP) is 4.97. The molecule has 138 valence electrons. The summed E-state index contributed by atoms with van der Waals surface area (Å²) in [6, 6.07) is 14.0. The minimum Gasteiger partial charge on any atom is -0.454 e. The maximum Gasteiger partial charge on any atom is 0.231 e. The average molecular weight is 399 g/mol. The SMILES string of the molecule is Cc1ccc(SCCC(=O)Nc2nc(-c3ccc4c(c3)OCO4)cs2)cc1. The van der Waals surface area contributed by atoms with Gasteiger partial charge in [-0.1, -0.05) is 17.7 Å². The van der Waals surface area contributed by atoms with Crippen LogP contribution in [-0.4, -0.2) is 23.4 Å². The molecule has 27 heavy (non-hydrogen) atoms. The van der Waals surface area contributed by atoms with Gasteiger partial charge in [-0.05, 0) is 37.3 Å². The van der Waals surface area contributed by atoms with Crippen molar-refractivity contribution in [3.8, 4) is 22.8 Å². The second kappa shape index (κ2) is 8.02. The number of amides is 1. The fourth-order valence-corrected chi connectivity index (χ4v) is 4.19. The number of aryl methyl sites for hydroxylation is 1. The topological polar surface area (TPSA) is 60.5 Å². The number of rotatable bonds is 6. The molecule has 5 nitrogen and oxygen atoms in total. The zero-order valence-corrected chi connectivity index (χ0v) is 16.4. The van der Waals surface area contributed by atoms with E-state index >= 15 is 0 Å². The molecular formula is C20H18N2O3S2. The molecule has 1 aromatic heterocycles. The van der Waals surface area contributed by atoms with Crippen LogP contribution in [0.25, 0.3) is 11.3 Å². The fourth-order valence-electron chi connectivity index (χ4n) is 2.60. The Bertz CT molecular complexity index is 954. The van der Waals surface area contributed by atoms with Crippen molar-refractivity contribution >= 4 is 34.1 Å². The van der Waals surface area contributed by atoms with Gasteiger partial charge in [-0.2, -0.15) is 0 Å². The molecule has 0 saturated carbocycles. The summed E-state index contributed by atoms with van der Waals surface area (Å²) in [5.74, 6) is 2.17. The molecule has 0 bridgehead atoms. The Labute approximate surface area is 165 Å². The molecule has 1 amide bonds. The third-order valence-corrected chi connectivity index (χ3v) is 5.81. The monoisotopic (exact) mass is 398 g/mol. The maximum absolute atomic E-state index is 12.2. The van der Waals surface area contributed by atoms with Gasteiger partial charge in [0.15, 0.2) is 16.6 Å². The smallest absolute Gasteiger partial charge is 0.231 e. The van der Waals surface area contributed by atoms with Gasteiger partial charge < -0.3 is 14.8 Å². The number of nitrogens with one attached hydrogen (secondary N) is 1. The van der Waals surface area contributed by atoms with Crippen LogP contribution in [0.4, 0.5) is 5.13 Å². The summed E-state index contributed by atoms with van der Waals surface area (Å²) in [6.45, 7) is 2.31. The zero-order valence-electron chi connectivity index (χ0n) is 14.7. The third-order valence-electron chi connectivity index (χ3n) is 4.04. The molecule has 7 heteroatoms. The zero-order chi connectivity index (χ0) is 18.6. The highest BCUT2D eigenvalue weighted by molar-refractivity contribution is 7.99. The lowest BCUT2D eigenvalue weighted by molar-refractivity contribution is -0.115. The molecule has 0 fully saturated rings. The van der Waals surface area contributed by atoms with E-state index in [2.05, 4.69) is 41.5 Å². The quantitative estimate of drug-likeness (QED) is 0.594. The van der Waals surface area contributed by atoms with Gasteiger partial charge in [0, 0.05) is 28.0 Å². The molecule has 3 aromatic rings. The van der Waals surface area contributed by atoms with Crippen molar-refractivity contribution in [2.75, 3.05) is 17.9 Å². The van der Waals surface area contributed by atoms with Crippen LogP contribution in [0.3, 0.4) is 0 Å². The standard InChI is InChI=1S/C20H18N2O3S2/c1-13-2-5-15(6-3-13)26-9-8-19(23)22-20-21-16(11-27-20)14-4-7-17-18(10-14)25-12-24-17/h2-7,10-11H,8-9,12H2,1H3,(H,21,22,23). The predicted molar refractivity (Wildman–Crippen MR) is 109 cm³/mol. The van der Waals surface area contributed by atoms with Gasteiger partial charge in [0.25, 0.3) is 0 Å². The first kappa shape index (κ1) is 17.9. The fraction of sp³-hybridized carbons (Fsp3) is 0.200. The Morgan fingerprint density at radius 3 is 2.85 bits per heavy atom. The van der Waals surface area contributed by atoms with E-state index in [1.165, 1.54) is 21.8 Å². The number of aromatic nitrogens is 1. The Kier molecular flexibility index (Phi) is 5.31. The number of nitrogens with zero attached hydrogens (tertiary/aromatic N) is 1. The number of hydrogen-bond donors (Lipinski definition) is 1. The molecule has 1 N–H and O–H groups in total. The Hall–Kier alpha value is -2.51. The summed E-state index contributed by atoms with van der Waals surface area (Å²) < 4.78 is 10.7. The van der Waals surface area contributed by atoms with Crippen LogP contribution in [0.15, 0.2) is 52.7 Å². The molecule has 1 aliphatic rings. The van der Waals surface area contributed by atoms with E-state index in [4.69, 9.17) is 9.47 Å². The molecule has 4 rings (SSSR count). The van der Waals surface area contributed by atoms with Crippen molar-refractivity contribution in [2.24, 2.45) is 0 Å². The van der Waals surface area contributed by atoms with Gasteiger partial charge in [0.05, 0.1) is 5.69 Å². The van der Waals surface area contributed by atoms with E-state index < -0.39 is 0 Å². The number of fused-ring (bicyclic) bond motifs is 1. The highest BCUT2D eigenvalue weighted by Crippen LogP contribution is 2.36. The Morgan fingerprint density at radius 2 is 2.00 bits per heavy atom. The number of carbonyl (C=O) groups is 1. The summed E-state index contributed by atoms with van der Waals surface area (Å²) in [7, 11) is 0. The summed E-state index contributed by atoms with van der Waals surface area (Å²) in [4.78, 5) is 17.8. The van der Waals surface area contributed by atoms with Crippen LogP contribution in [-0.2, 0) is 4.79 Å². The first-order valence-corrected chi connectivity index (χ1v) is 10.4. The van der Waals surface area contributed by atoms with Crippen molar-refractivity contribution in [3.63, 3.8) is 0 Å². The van der Waals surface area contributed by atoms with Crippen LogP contribution < -0.4 is 14.8 Å². The number of carbonyl (C=O) groups excluding carboxylic acids is 1. The molecule has 0 atom stereocenters. The van der Waals surface area contributed by atoms with Gasteiger partial charge in [-0.15, -0.1) is 23.1 Å². The van der Waals surface area contributed by atoms with Crippen LogP contribution in [0.2, 0.25) is 0 Å². The lowest BCUT2D eigenvalue weighted by Gasteiger charge is -2.03. The van der Waals surface area contributed by atoms with Crippen molar-refractivity contribution in [1.29, 1.82) is 0 Å². The van der Waals surface area contributed by atoms with Crippen LogP contribution in [0, 0.1) is 6.92 Å². The van der Waals surface area contributed by atoms with Gasteiger partial charge in [0.2, 0.25) is 12.7 Å². The van der Waals surface area contributed by atoms with E-state index in [0.717, 1.165) is 28.5 Å². The largest absolute Gasteiger partial charge is 0.454 e. The molecular weight excluding hydrogens is 380 g/mol. The highest BCUT2D eigenvalue weighted by Gasteiger charge is 2.15. The lowest BCUT2D eigenvalue weighted by atomic mass is 10.1. The first-order valence-electron chi connectivity index (χ1n) is 8.52. The first-order chi connectivity index (χ1) is 13.2.